The predicted molar refractivity (Wildman–Crippen MR) is 58.9 cm³/mol. The highest BCUT2D eigenvalue weighted by Crippen LogP contribution is 2.07. The van der Waals surface area contributed by atoms with Crippen molar-refractivity contribution in [2.24, 2.45) is 5.73 Å². The van der Waals surface area contributed by atoms with Crippen molar-refractivity contribution in [1.82, 2.24) is 9.80 Å². The lowest BCUT2D eigenvalue weighted by atomic mass is 10.2. The van der Waals surface area contributed by atoms with Gasteiger partial charge in [0, 0.05) is 39.1 Å². The molecule has 1 unspecified atom stereocenters. The molecule has 0 aromatic heterocycles. The maximum atomic E-state index is 11.5. The lowest BCUT2D eigenvalue weighted by Gasteiger charge is -2.36. The van der Waals surface area contributed by atoms with Crippen LogP contribution in [-0.2, 0) is 9.59 Å². The van der Waals surface area contributed by atoms with Gasteiger partial charge in [0.1, 0.15) is 6.04 Å². The minimum Gasteiger partial charge on any atom is -0.480 e. The van der Waals surface area contributed by atoms with E-state index in [4.69, 9.17) is 10.8 Å². The first-order chi connectivity index (χ1) is 7.56. The van der Waals surface area contributed by atoms with Crippen LogP contribution in [0.5, 0.6) is 0 Å². The van der Waals surface area contributed by atoms with Crippen LogP contribution in [0.4, 0.5) is 0 Å². The van der Waals surface area contributed by atoms with Crippen LogP contribution in [0, 0.1) is 0 Å². The number of aliphatic carboxylic acids is 1. The molecule has 1 atom stereocenters. The molecule has 1 amide bonds. The van der Waals surface area contributed by atoms with E-state index in [0.29, 0.717) is 39.1 Å². The summed E-state index contributed by atoms with van der Waals surface area (Å²) in [5, 5.41) is 8.85. The van der Waals surface area contributed by atoms with Crippen LogP contribution in [0.15, 0.2) is 0 Å². The molecule has 0 aromatic carbocycles. The molecule has 0 aliphatic carbocycles. The molecule has 1 rings (SSSR count). The Bertz CT molecular complexity index is 262. The Hall–Kier alpha value is -1.14. The first-order valence-corrected chi connectivity index (χ1v) is 5.51. The maximum Gasteiger partial charge on any atom is 0.320 e. The fourth-order valence-corrected chi connectivity index (χ4v) is 1.80. The summed E-state index contributed by atoms with van der Waals surface area (Å²) in [6, 6.07) is -0.480. The zero-order valence-corrected chi connectivity index (χ0v) is 9.56. The third-order valence-corrected chi connectivity index (χ3v) is 2.93. The van der Waals surface area contributed by atoms with Crippen molar-refractivity contribution in [2.45, 2.75) is 19.4 Å². The Morgan fingerprint density at radius 1 is 1.31 bits per heavy atom. The van der Waals surface area contributed by atoms with Gasteiger partial charge < -0.3 is 15.7 Å². The number of hydrogen-bond acceptors (Lipinski definition) is 4. The number of hydrogen-bond donors (Lipinski definition) is 2. The summed E-state index contributed by atoms with van der Waals surface area (Å²) in [5.74, 6) is -0.758. The molecule has 0 saturated carbocycles. The van der Waals surface area contributed by atoms with E-state index in [1.165, 1.54) is 0 Å². The molecule has 1 aliphatic rings. The number of rotatable bonds is 4. The SMILES string of the molecule is CC(C(=O)O)N1CCN(C(=O)CCN)CC1. The molecule has 16 heavy (non-hydrogen) atoms. The van der Waals surface area contributed by atoms with Crippen LogP contribution in [0.25, 0.3) is 0 Å². The van der Waals surface area contributed by atoms with Crippen LogP contribution in [0.3, 0.4) is 0 Å². The highest BCUT2D eigenvalue weighted by atomic mass is 16.4. The average molecular weight is 229 g/mol. The zero-order valence-electron chi connectivity index (χ0n) is 9.56. The summed E-state index contributed by atoms with van der Waals surface area (Å²) in [6.07, 6.45) is 0.370. The molecule has 1 saturated heterocycles. The number of carbonyl (C=O) groups excluding carboxylic acids is 1. The number of carbonyl (C=O) groups is 2. The highest BCUT2D eigenvalue weighted by Gasteiger charge is 2.26. The van der Waals surface area contributed by atoms with E-state index in [2.05, 4.69) is 0 Å². The van der Waals surface area contributed by atoms with Crippen molar-refractivity contribution in [1.29, 1.82) is 0 Å². The van der Waals surface area contributed by atoms with Crippen molar-refractivity contribution in [3.63, 3.8) is 0 Å². The summed E-state index contributed by atoms with van der Waals surface area (Å²) in [6.45, 7) is 4.45. The van der Waals surface area contributed by atoms with Gasteiger partial charge in [0.2, 0.25) is 5.91 Å². The van der Waals surface area contributed by atoms with Gasteiger partial charge in [-0.3, -0.25) is 14.5 Å². The number of nitrogens with two attached hydrogens (primary N) is 1. The lowest BCUT2D eigenvalue weighted by molar-refractivity contribution is -0.144. The van der Waals surface area contributed by atoms with Crippen molar-refractivity contribution in [3.8, 4) is 0 Å². The van der Waals surface area contributed by atoms with Crippen LogP contribution in [0.1, 0.15) is 13.3 Å². The second kappa shape index (κ2) is 5.81. The number of carboxylic acid groups (broad SMARTS) is 1. The van der Waals surface area contributed by atoms with Crippen LogP contribution in [-0.4, -0.2) is 65.5 Å². The quantitative estimate of drug-likeness (QED) is 0.642. The van der Waals surface area contributed by atoms with Gasteiger partial charge in [-0.25, -0.2) is 0 Å². The summed E-state index contributed by atoms with van der Waals surface area (Å²) >= 11 is 0. The Balaban J connectivity index is 2.39. The van der Waals surface area contributed by atoms with E-state index in [1.54, 1.807) is 11.8 Å². The smallest absolute Gasteiger partial charge is 0.320 e. The maximum absolute atomic E-state index is 11.5. The Morgan fingerprint density at radius 2 is 1.88 bits per heavy atom. The standard InChI is InChI=1S/C10H19N3O3/c1-8(10(15)16)12-4-6-13(7-5-12)9(14)2-3-11/h8H,2-7,11H2,1H3,(H,15,16). The Labute approximate surface area is 95.0 Å². The lowest BCUT2D eigenvalue weighted by Crippen LogP contribution is -2.53. The largest absolute Gasteiger partial charge is 0.480 e. The molecule has 0 radical (unpaired) electrons. The molecule has 6 heteroatoms. The van der Waals surface area contributed by atoms with E-state index < -0.39 is 12.0 Å². The number of amides is 1. The number of nitrogens with zero attached hydrogens (tertiary/aromatic N) is 2. The van der Waals surface area contributed by atoms with E-state index in [1.807, 2.05) is 4.90 Å². The van der Waals surface area contributed by atoms with E-state index in [9.17, 15) is 9.59 Å². The molecule has 0 spiro atoms. The summed E-state index contributed by atoms with van der Waals surface area (Å²) in [4.78, 5) is 25.9. The zero-order chi connectivity index (χ0) is 12.1. The molecule has 1 aliphatic heterocycles. The average Bonchev–Trinajstić information content (AvgIpc) is 2.28. The van der Waals surface area contributed by atoms with Crippen molar-refractivity contribution < 1.29 is 14.7 Å². The van der Waals surface area contributed by atoms with Crippen molar-refractivity contribution in [2.75, 3.05) is 32.7 Å². The van der Waals surface area contributed by atoms with E-state index in [0.717, 1.165) is 0 Å². The molecular formula is C10H19N3O3. The minimum absolute atomic E-state index is 0.0603. The van der Waals surface area contributed by atoms with Gasteiger partial charge in [-0.05, 0) is 6.92 Å². The topological polar surface area (TPSA) is 86.9 Å². The van der Waals surface area contributed by atoms with Gasteiger partial charge >= 0.3 is 5.97 Å². The summed E-state index contributed by atoms with van der Waals surface area (Å²) in [5.41, 5.74) is 5.32. The molecule has 0 aromatic rings. The predicted octanol–water partition coefficient (Wildman–Crippen LogP) is -1.05. The van der Waals surface area contributed by atoms with Gasteiger partial charge in [-0.15, -0.1) is 0 Å². The number of carboxylic acids is 1. The van der Waals surface area contributed by atoms with E-state index in [-0.39, 0.29) is 5.91 Å². The van der Waals surface area contributed by atoms with Gasteiger partial charge in [-0.1, -0.05) is 0 Å². The molecule has 1 fully saturated rings. The number of piperazine rings is 1. The fraction of sp³-hybridized carbons (Fsp3) is 0.800. The highest BCUT2D eigenvalue weighted by molar-refractivity contribution is 5.76. The summed E-state index contributed by atoms with van der Waals surface area (Å²) < 4.78 is 0. The Kier molecular flexibility index (Phi) is 4.70. The van der Waals surface area contributed by atoms with Crippen LogP contribution >= 0.6 is 0 Å². The molecule has 3 N–H and O–H groups in total. The van der Waals surface area contributed by atoms with Gasteiger partial charge in [0.05, 0.1) is 0 Å². The first kappa shape index (κ1) is 12.9. The molecular weight excluding hydrogens is 210 g/mol. The van der Waals surface area contributed by atoms with Gasteiger partial charge in [-0.2, -0.15) is 0 Å². The normalized spacial score (nSPS) is 19.5. The van der Waals surface area contributed by atoms with Gasteiger partial charge in [0.25, 0.3) is 0 Å². The minimum atomic E-state index is -0.818. The van der Waals surface area contributed by atoms with E-state index >= 15 is 0 Å². The first-order valence-electron chi connectivity index (χ1n) is 5.51. The van der Waals surface area contributed by atoms with Crippen molar-refractivity contribution >= 4 is 11.9 Å². The molecule has 6 nitrogen and oxygen atoms in total. The fourth-order valence-electron chi connectivity index (χ4n) is 1.80. The second-order valence-electron chi connectivity index (χ2n) is 3.97. The molecule has 0 bridgehead atoms. The van der Waals surface area contributed by atoms with Gasteiger partial charge in [0.15, 0.2) is 0 Å². The Morgan fingerprint density at radius 3 is 2.31 bits per heavy atom. The second-order valence-corrected chi connectivity index (χ2v) is 3.97. The summed E-state index contributed by atoms with van der Waals surface area (Å²) in [7, 11) is 0. The molecule has 1 heterocycles. The molecule has 92 valence electrons. The van der Waals surface area contributed by atoms with Crippen LogP contribution in [0.2, 0.25) is 0 Å². The van der Waals surface area contributed by atoms with Crippen LogP contribution < -0.4 is 5.73 Å². The third kappa shape index (κ3) is 3.18. The monoisotopic (exact) mass is 229 g/mol. The van der Waals surface area contributed by atoms with Crippen molar-refractivity contribution in [3.05, 3.63) is 0 Å². The third-order valence-electron chi connectivity index (χ3n) is 2.93.